The SMILES string of the molecule is CCCOc1ccc(C(O)(CC)CCC)cc1. The van der Waals surface area contributed by atoms with Gasteiger partial charge in [-0.25, -0.2) is 0 Å². The van der Waals surface area contributed by atoms with Crippen molar-refractivity contribution in [2.75, 3.05) is 6.61 Å². The third kappa shape index (κ3) is 3.74. The number of aliphatic hydroxyl groups is 1. The Bertz CT molecular complexity index is 318. The molecule has 0 spiro atoms. The zero-order chi connectivity index (χ0) is 12.7. The fourth-order valence-electron chi connectivity index (χ4n) is 2.02. The maximum absolute atomic E-state index is 10.5. The largest absolute Gasteiger partial charge is 0.494 e. The summed E-state index contributed by atoms with van der Waals surface area (Å²) >= 11 is 0. The molecule has 0 aliphatic rings. The molecule has 1 rings (SSSR count). The summed E-state index contributed by atoms with van der Waals surface area (Å²) in [5.74, 6) is 0.880. The molecule has 1 N–H and O–H groups in total. The molecule has 0 bridgehead atoms. The van der Waals surface area contributed by atoms with E-state index in [0.29, 0.717) is 0 Å². The molecule has 17 heavy (non-hydrogen) atoms. The Kier molecular flexibility index (Phi) is 5.49. The van der Waals surface area contributed by atoms with Gasteiger partial charge in [-0.1, -0.05) is 39.3 Å². The van der Waals surface area contributed by atoms with Crippen molar-refractivity contribution < 1.29 is 9.84 Å². The Morgan fingerprint density at radius 1 is 1.06 bits per heavy atom. The topological polar surface area (TPSA) is 29.5 Å². The number of hydrogen-bond acceptors (Lipinski definition) is 2. The highest BCUT2D eigenvalue weighted by molar-refractivity contribution is 5.30. The molecule has 1 aromatic carbocycles. The first-order chi connectivity index (χ1) is 8.16. The molecular formula is C15H24O2. The van der Waals surface area contributed by atoms with Crippen molar-refractivity contribution in [1.29, 1.82) is 0 Å². The fraction of sp³-hybridized carbons (Fsp3) is 0.600. The standard InChI is InChI=1S/C15H24O2/c1-4-11-15(16,6-3)13-7-9-14(10-8-13)17-12-5-2/h7-10,16H,4-6,11-12H2,1-3H3. The van der Waals surface area contributed by atoms with Gasteiger partial charge in [-0.2, -0.15) is 0 Å². The monoisotopic (exact) mass is 236 g/mol. The highest BCUT2D eigenvalue weighted by Gasteiger charge is 2.25. The second-order valence-corrected chi connectivity index (χ2v) is 4.51. The van der Waals surface area contributed by atoms with E-state index in [0.717, 1.165) is 43.6 Å². The molecule has 2 nitrogen and oxygen atoms in total. The smallest absolute Gasteiger partial charge is 0.119 e. The van der Waals surface area contributed by atoms with Crippen molar-refractivity contribution >= 4 is 0 Å². The maximum atomic E-state index is 10.5. The second kappa shape index (κ2) is 6.65. The maximum Gasteiger partial charge on any atom is 0.119 e. The minimum Gasteiger partial charge on any atom is -0.494 e. The molecule has 0 radical (unpaired) electrons. The summed E-state index contributed by atoms with van der Waals surface area (Å²) < 4.78 is 5.53. The van der Waals surface area contributed by atoms with E-state index in [9.17, 15) is 5.11 Å². The molecule has 1 unspecified atom stereocenters. The van der Waals surface area contributed by atoms with Gasteiger partial charge in [0.15, 0.2) is 0 Å². The van der Waals surface area contributed by atoms with Crippen LogP contribution in [-0.2, 0) is 5.60 Å². The average molecular weight is 236 g/mol. The summed E-state index contributed by atoms with van der Waals surface area (Å²) in [6.45, 7) is 6.95. The van der Waals surface area contributed by atoms with Gasteiger partial charge in [0, 0.05) is 0 Å². The van der Waals surface area contributed by atoms with Crippen molar-refractivity contribution in [3.63, 3.8) is 0 Å². The highest BCUT2D eigenvalue weighted by Crippen LogP contribution is 2.31. The molecule has 0 saturated heterocycles. The molecule has 1 atom stereocenters. The number of hydrogen-bond donors (Lipinski definition) is 1. The van der Waals surface area contributed by atoms with Gasteiger partial charge in [-0.3, -0.25) is 0 Å². The van der Waals surface area contributed by atoms with Crippen LogP contribution in [0.5, 0.6) is 5.75 Å². The van der Waals surface area contributed by atoms with Gasteiger partial charge in [-0.15, -0.1) is 0 Å². The zero-order valence-electron chi connectivity index (χ0n) is 11.2. The lowest BCUT2D eigenvalue weighted by Gasteiger charge is -2.27. The van der Waals surface area contributed by atoms with E-state index < -0.39 is 5.60 Å². The third-order valence-corrected chi connectivity index (χ3v) is 3.11. The first-order valence-electron chi connectivity index (χ1n) is 6.62. The summed E-state index contributed by atoms with van der Waals surface area (Å²) in [6.07, 6.45) is 3.55. The normalized spacial score (nSPS) is 14.4. The van der Waals surface area contributed by atoms with Crippen LogP contribution in [0.15, 0.2) is 24.3 Å². The van der Waals surface area contributed by atoms with Crippen LogP contribution in [-0.4, -0.2) is 11.7 Å². The minimum absolute atomic E-state index is 0.683. The molecule has 0 heterocycles. The molecule has 2 heteroatoms. The lowest BCUT2D eigenvalue weighted by atomic mass is 9.87. The second-order valence-electron chi connectivity index (χ2n) is 4.51. The molecule has 0 amide bonds. The Morgan fingerprint density at radius 2 is 1.71 bits per heavy atom. The summed E-state index contributed by atoms with van der Waals surface area (Å²) in [4.78, 5) is 0. The van der Waals surface area contributed by atoms with Gasteiger partial charge in [-0.05, 0) is 37.0 Å². The number of rotatable bonds is 7. The van der Waals surface area contributed by atoms with E-state index in [1.807, 2.05) is 31.2 Å². The van der Waals surface area contributed by atoms with E-state index in [2.05, 4.69) is 13.8 Å². The molecule has 1 aromatic rings. The Hall–Kier alpha value is -1.02. The summed E-state index contributed by atoms with van der Waals surface area (Å²) in [7, 11) is 0. The molecular weight excluding hydrogens is 212 g/mol. The van der Waals surface area contributed by atoms with E-state index >= 15 is 0 Å². The van der Waals surface area contributed by atoms with Crippen molar-refractivity contribution in [3.8, 4) is 5.75 Å². The Balaban J connectivity index is 2.77. The predicted octanol–water partition coefficient (Wildman–Crippen LogP) is 3.87. The number of ether oxygens (including phenoxy) is 1. The number of benzene rings is 1. The van der Waals surface area contributed by atoms with Crippen molar-refractivity contribution in [2.45, 2.75) is 52.1 Å². The molecule has 0 aliphatic carbocycles. The molecule has 0 fully saturated rings. The minimum atomic E-state index is -0.683. The third-order valence-electron chi connectivity index (χ3n) is 3.11. The van der Waals surface area contributed by atoms with Gasteiger partial charge in [0.1, 0.15) is 5.75 Å². The van der Waals surface area contributed by atoms with Gasteiger partial charge in [0.25, 0.3) is 0 Å². The lowest BCUT2D eigenvalue weighted by molar-refractivity contribution is 0.0226. The van der Waals surface area contributed by atoms with Crippen molar-refractivity contribution in [3.05, 3.63) is 29.8 Å². The fourth-order valence-corrected chi connectivity index (χ4v) is 2.02. The molecule has 0 saturated carbocycles. The Morgan fingerprint density at radius 3 is 2.18 bits per heavy atom. The summed E-state index contributed by atoms with van der Waals surface area (Å²) in [6, 6.07) is 7.84. The zero-order valence-corrected chi connectivity index (χ0v) is 11.2. The van der Waals surface area contributed by atoms with Gasteiger partial charge in [0.2, 0.25) is 0 Å². The highest BCUT2D eigenvalue weighted by atomic mass is 16.5. The lowest BCUT2D eigenvalue weighted by Crippen LogP contribution is -2.24. The van der Waals surface area contributed by atoms with Crippen LogP contribution in [0.1, 0.15) is 52.0 Å². The Labute approximate surface area is 105 Å². The van der Waals surface area contributed by atoms with E-state index in [1.54, 1.807) is 0 Å². The average Bonchev–Trinajstić information content (AvgIpc) is 2.37. The predicted molar refractivity (Wildman–Crippen MR) is 71.3 cm³/mol. The van der Waals surface area contributed by atoms with Crippen LogP contribution in [0.4, 0.5) is 0 Å². The van der Waals surface area contributed by atoms with Crippen LogP contribution < -0.4 is 4.74 Å². The van der Waals surface area contributed by atoms with Crippen LogP contribution in [0, 0.1) is 0 Å². The van der Waals surface area contributed by atoms with Crippen LogP contribution in [0.2, 0.25) is 0 Å². The van der Waals surface area contributed by atoms with Crippen molar-refractivity contribution in [2.24, 2.45) is 0 Å². The first kappa shape index (κ1) is 14.0. The molecule has 0 aromatic heterocycles. The van der Waals surface area contributed by atoms with Gasteiger partial charge < -0.3 is 9.84 Å². The van der Waals surface area contributed by atoms with E-state index in [1.165, 1.54) is 0 Å². The molecule has 96 valence electrons. The van der Waals surface area contributed by atoms with Crippen LogP contribution in [0.3, 0.4) is 0 Å². The summed E-state index contributed by atoms with van der Waals surface area (Å²) in [5, 5.41) is 10.5. The van der Waals surface area contributed by atoms with Crippen LogP contribution >= 0.6 is 0 Å². The molecule has 0 aliphatic heterocycles. The van der Waals surface area contributed by atoms with Gasteiger partial charge in [0.05, 0.1) is 12.2 Å². The first-order valence-corrected chi connectivity index (χ1v) is 6.62. The van der Waals surface area contributed by atoms with E-state index in [-0.39, 0.29) is 0 Å². The van der Waals surface area contributed by atoms with Crippen molar-refractivity contribution in [1.82, 2.24) is 0 Å². The van der Waals surface area contributed by atoms with E-state index in [4.69, 9.17) is 4.74 Å². The quantitative estimate of drug-likeness (QED) is 0.778. The summed E-state index contributed by atoms with van der Waals surface area (Å²) in [5.41, 5.74) is 0.309. The van der Waals surface area contributed by atoms with Crippen LogP contribution in [0.25, 0.3) is 0 Å². The van der Waals surface area contributed by atoms with Gasteiger partial charge >= 0.3 is 0 Å².